The Labute approximate surface area is 124 Å². The predicted molar refractivity (Wildman–Crippen MR) is 84.8 cm³/mol. The van der Waals surface area contributed by atoms with Crippen LogP contribution in [0, 0.1) is 5.92 Å². The Morgan fingerprint density at radius 1 is 1.40 bits per heavy atom. The van der Waals surface area contributed by atoms with Crippen LogP contribution < -0.4 is 5.32 Å². The van der Waals surface area contributed by atoms with Gasteiger partial charge in [0.05, 0.1) is 6.04 Å². The van der Waals surface area contributed by atoms with E-state index in [0.717, 1.165) is 23.1 Å². The summed E-state index contributed by atoms with van der Waals surface area (Å²) in [6, 6.07) is 7.70. The fraction of sp³-hybridized carbons (Fsp3) is 0.375. The van der Waals surface area contributed by atoms with Crippen molar-refractivity contribution in [3.63, 3.8) is 0 Å². The van der Waals surface area contributed by atoms with E-state index in [1.807, 2.05) is 24.3 Å². The molecule has 1 aromatic rings. The van der Waals surface area contributed by atoms with Crippen LogP contribution in [-0.2, 0) is 4.79 Å². The number of hydrogen-bond acceptors (Lipinski definition) is 2. The molecule has 0 fully saturated rings. The summed E-state index contributed by atoms with van der Waals surface area (Å²) in [6.07, 6.45) is 0.957. The maximum absolute atomic E-state index is 11.4. The third-order valence-corrected chi connectivity index (χ3v) is 4.34. The summed E-state index contributed by atoms with van der Waals surface area (Å²) in [5.74, 6) is -0.566. The second-order valence-electron chi connectivity index (χ2n) is 5.23. The first kappa shape index (κ1) is 14.7. The normalized spacial score (nSPS) is 21.8. The Morgan fingerprint density at radius 2 is 2.00 bits per heavy atom. The Balaban J connectivity index is 2.68. The summed E-state index contributed by atoms with van der Waals surface area (Å²) < 4.78 is 0. The molecule has 2 atom stereocenters. The molecular formula is C16H19NO2S. The molecule has 20 heavy (non-hydrogen) atoms. The molecule has 0 aromatic heterocycles. The van der Waals surface area contributed by atoms with Gasteiger partial charge in [-0.3, -0.25) is 0 Å². The molecule has 0 radical (unpaired) electrons. The number of rotatable bonds is 3. The number of carboxylic acids is 1. The first-order chi connectivity index (χ1) is 9.47. The van der Waals surface area contributed by atoms with Crippen molar-refractivity contribution in [3.8, 4) is 0 Å². The largest absolute Gasteiger partial charge is 0.478 e. The van der Waals surface area contributed by atoms with E-state index in [1.165, 1.54) is 0 Å². The molecule has 3 nitrogen and oxygen atoms in total. The zero-order valence-electron chi connectivity index (χ0n) is 11.9. The molecule has 0 spiro atoms. The molecular weight excluding hydrogens is 270 g/mol. The molecule has 0 unspecified atom stereocenters. The van der Waals surface area contributed by atoms with Gasteiger partial charge in [0.1, 0.15) is 4.99 Å². The van der Waals surface area contributed by atoms with Gasteiger partial charge in [0.2, 0.25) is 0 Å². The third-order valence-electron chi connectivity index (χ3n) is 4.00. The van der Waals surface area contributed by atoms with E-state index in [-0.39, 0.29) is 6.04 Å². The molecule has 0 saturated carbocycles. The van der Waals surface area contributed by atoms with Crippen LogP contribution in [0.1, 0.15) is 38.3 Å². The van der Waals surface area contributed by atoms with Crippen LogP contribution in [0.15, 0.2) is 29.8 Å². The van der Waals surface area contributed by atoms with Gasteiger partial charge in [-0.15, -0.1) is 0 Å². The molecule has 1 aliphatic rings. The van der Waals surface area contributed by atoms with E-state index < -0.39 is 5.97 Å². The van der Waals surface area contributed by atoms with Gasteiger partial charge >= 0.3 is 5.97 Å². The zero-order valence-corrected chi connectivity index (χ0v) is 12.8. The molecule has 0 bridgehead atoms. The Morgan fingerprint density at radius 3 is 2.55 bits per heavy atom. The maximum atomic E-state index is 11.4. The van der Waals surface area contributed by atoms with Crippen molar-refractivity contribution in [2.45, 2.75) is 33.2 Å². The van der Waals surface area contributed by atoms with Crippen molar-refractivity contribution >= 4 is 28.7 Å². The zero-order chi connectivity index (χ0) is 14.9. The molecule has 2 rings (SSSR count). The van der Waals surface area contributed by atoms with Crippen LogP contribution >= 0.6 is 12.2 Å². The van der Waals surface area contributed by atoms with E-state index >= 15 is 0 Å². The van der Waals surface area contributed by atoms with Gasteiger partial charge in [-0.1, -0.05) is 56.8 Å². The number of carbonyl (C=O) groups is 1. The molecule has 2 N–H and O–H groups in total. The Hall–Kier alpha value is -1.68. The van der Waals surface area contributed by atoms with Gasteiger partial charge in [-0.2, -0.15) is 0 Å². The first-order valence-corrected chi connectivity index (χ1v) is 7.22. The lowest BCUT2D eigenvalue weighted by atomic mass is 9.81. The number of thiocarbonyl (C=S) groups is 1. The Kier molecular flexibility index (Phi) is 4.23. The number of hydrogen-bond donors (Lipinski definition) is 2. The minimum atomic E-state index is -0.877. The second-order valence-corrected chi connectivity index (χ2v) is 5.63. The van der Waals surface area contributed by atoms with E-state index in [0.29, 0.717) is 16.5 Å². The lowest BCUT2D eigenvalue weighted by Crippen LogP contribution is -2.44. The smallest absolute Gasteiger partial charge is 0.331 e. The summed E-state index contributed by atoms with van der Waals surface area (Å²) in [5, 5.41) is 12.7. The van der Waals surface area contributed by atoms with Gasteiger partial charge in [-0.25, -0.2) is 4.79 Å². The number of fused-ring (bicyclic) bond motifs is 1. The van der Waals surface area contributed by atoms with Crippen LogP contribution in [0.4, 0.5) is 0 Å². The van der Waals surface area contributed by atoms with Crippen LogP contribution in [0.2, 0.25) is 0 Å². The summed E-state index contributed by atoms with van der Waals surface area (Å²) in [4.78, 5) is 12.1. The molecule has 106 valence electrons. The van der Waals surface area contributed by atoms with E-state index in [2.05, 4.69) is 19.2 Å². The summed E-state index contributed by atoms with van der Waals surface area (Å²) in [6.45, 7) is 5.88. The second kappa shape index (κ2) is 5.75. The van der Waals surface area contributed by atoms with Crippen LogP contribution in [0.3, 0.4) is 0 Å². The average molecular weight is 289 g/mol. The molecule has 1 heterocycles. The van der Waals surface area contributed by atoms with Crippen molar-refractivity contribution in [1.82, 2.24) is 5.32 Å². The highest BCUT2D eigenvalue weighted by molar-refractivity contribution is 7.80. The molecule has 1 aliphatic heterocycles. The van der Waals surface area contributed by atoms with Gasteiger partial charge in [-0.05, 0) is 24.0 Å². The van der Waals surface area contributed by atoms with Gasteiger partial charge in [0.15, 0.2) is 0 Å². The number of benzene rings is 1. The van der Waals surface area contributed by atoms with Crippen molar-refractivity contribution in [2.75, 3.05) is 0 Å². The highest BCUT2D eigenvalue weighted by atomic mass is 32.1. The lowest BCUT2D eigenvalue weighted by Gasteiger charge is -2.35. The van der Waals surface area contributed by atoms with Crippen LogP contribution in [-0.4, -0.2) is 22.1 Å². The highest BCUT2D eigenvalue weighted by Gasteiger charge is 2.32. The van der Waals surface area contributed by atoms with Gasteiger partial charge in [0.25, 0.3) is 0 Å². The fourth-order valence-corrected chi connectivity index (χ4v) is 2.89. The van der Waals surface area contributed by atoms with E-state index in [4.69, 9.17) is 12.2 Å². The topological polar surface area (TPSA) is 49.3 Å². The van der Waals surface area contributed by atoms with Crippen molar-refractivity contribution in [3.05, 3.63) is 41.0 Å². The predicted octanol–water partition coefficient (Wildman–Crippen LogP) is 3.24. The fourth-order valence-electron chi connectivity index (χ4n) is 2.59. The number of nitrogens with one attached hydrogen (secondary N) is 1. The van der Waals surface area contributed by atoms with Crippen LogP contribution in [0.25, 0.3) is 5.57 Å². The van der Waals surface area contributed by atoms with Crippen molar-refractivity contribution in [2.24, 2.45) is 5.92 Å². The van der Waals surface area contributed by atoms with Gasteiger partial charge < -0.3 is 10.4 Å². The average Bonchev–Trinajstić information content (AvgIpc) is 2.45. The van der Waals surface area contributed by atoms with E-state index in [9.17, 15) is 9.90 Å². The molecule has 0 aliphatic carbocycles. The van der Waals surface area contributed by atoms with Gasteiger partial charge in [0, 0.05) is 11.1 Å². The number of carboxylic acid groups (broad SMARTS) is 1. The third kappa shape index (κ3) is 2.48. The van der Waals surface area contributed by atoms with Crippen molar-refractivity contribution in [1.29, 1.82) is 0 Å². The summed E-state index contributed by atoms with van der Waals surface area (Å²) >= 11 is 5.43. The summed E-state index contributed by atoms with van der Waals surface area (Å²) in [7, 11) is 0. The summed E-state index contributed by atoms with van der Waals surface area (Å²) in [5.41, 5.74) is 3.10. The minimum Gasteiger partial charge on any atom is -0.478 e. The van der Waals surface area contributed by atoms with Crippen molar-refractivity contribution < 1.29 is 9.90 Å². The minimum absolute atomic E-state index is 0.0431. The van der Waals surface area contributed by atoms with Crippen LogP contribution in [0.5, 0.6) is 0 Å². The number of aliphatic carboxylic acids is 1. The lowest BCUT2D eigenvalue weighted by molar-refractivity contribution is -0.132. The molecule has 1 aromatic carbocycles. The first-order valence-electron chi connectivity index (χ1n) is 6.81. The molecule has 4 heteroatoms. The molecule has 0 amide bonds. The molecule has 0 saturated heterocycles. The maximum Gasteiger partial charge on any atom is 0.331 e. The highest BCUT2D eigenvalue weighted by Crippen LogP contribution is 2.34. The quantitative estimate of drug-likeness (QED) is 0.662. The van der Waals surface area contributed by atoms with E-state index in [1.54, 1.807) is 6.92 Å². The standard InChI is InChI=1S/C16H19NO2S/c1-4-9(2)14-13(10(3)16(18)19)11-7-5-6-8-12(11)15(20)17-14/h5-9,14H,4H2,1-3H3,(H,17,20)(H,18,19)/t9-,14-/m0/s1. The Bertz CT molecular complexity index is 592. The SMILES string of the molecule is CC[C@H](C)[C@@H]1NC(=S)c2ccccc2C1=C(C)C(=O)O. The monoisotopic (exact) mass is 289 g/mol.